The number of hydrogen-bond donors (Lipinski definition) is 4. The molecule has 5 amide bonds. The van der Waals surface area contributed by atoms with Gasteiger partial charge in [-0.05, 0) is 40.9 Å². The van der Waals surface area contributed by atoms with E-state index in [9.17, 15) is 24.0 Å². The van der Waals surface area contributed by atoms with Gasteiger partial charge >= 0.3 is 6.03 Å². The number of urea groups is 1. The second-order valence-electron chi connectivity index (χ2n) is 15.1. The molecule has 0 bridgehead atoms. The molecule has 0 aromatic heterocycles. The maximum absolute atomic E-state index is 14.2. The molecule has 11 nitrogen and oxygen atoms in total. The van der Waals surface area contributed by atoms with E-state index in [2.05, 4.69) is 48.0 Å². The summed E-state index contributed by atoms with van der Waals surface area (Å²) in [6.45, 7) is 16.2. The van der Waals surface area contributed by atoms with Gasteiger partial charge in [-0.15, -0.1) is 4.31 Å². The van der Waals surface area contributed by atoms with Gasteiger partial charge < -0.3 is 26.6 Å². The molecule has 0 spiro atoms. The number of fused-ring (bicyclic) bond motifs is 1. The van der Waals surface area contributed by atoms with Crippen molar-refractivity contribution in [3.63, 3.8) is 0 Å². The van der Waals surface area contributed by atoms with E-state index >= 15 is 0 Å². The number of amides is 5. The van der Waals surface area contributed by atoms with Crippen LogP contribution in [0.4, 0.5) is 4.79 Å². The highest BCUT2D eigenvalue weighted by atomic mass is 32.2. The van der Waals surface area contributed by atoms with Crippen LogP contribution in [0, 0.1) is 34.5 Å². The summed E-state index contributed by atoms with van der Waals surface area (Å²) in [5.41, 5.74) is 4.56. The average molecular weight is 622 g/mol. The SMILES string of the molecule is CC(C)[C@@H](CN1CCC[SH+]1)NC(=O)N[C@H](C(=O)N1C[C@H]2[C@@H]([C@H]1C(=O)NC(CC1CCC1)C(=O)C(N)=O)C2(C)C)C(C)(C)C. The van der Waals surface area contributed by atoms with E-state index in [1.807, 2.05) is 20.8 Å². The molecule has 2 aliphatic carbocycles. The van der Waals surface area contributed by atoms with Crippen LogP contribution in [-0.2, 0) is 31.1 Å². The summed E-state index contributed by atoms with van der Waals surface area (Å²) in [6, 6.07) is -3.15. The second-order valence-corrected chi connectivity index (χ2v) is 16.4. The lowest BCUT2D eigenvalue weighted by Gasteiger charge is -2.38. The predicted octanol–water partition coefficient (Wildman–Crippen LogP) is 1.37. The Balaban J connectivity index is 1.49. The molecule has 5 N–H and O–H groups in total. The first-order valence-electron chi connectivity index (χ1n) is 16.0. The number of nitrogens with one attached hydrogen (secondary N) is 3. The summed E-state index contributed by atoms with van der Waals surface area (Å²) >= 11 is 1.28. The van der Waals surface area contributed by atoms with E-state index < -0.39 is 47.2 Å². The van der Waals surface area contributed by atoms with E-state index in [4.69, 9.17) is 5.73 Å². The summed E-state index contributed by atoms with van der Waals surface area (Å²) in [5.74, 6) is -0.975. The van der Waals surface area contributed by atoms with Crippen molar-refractivity contribution in [3.05, 3.63) is 0 Å². The first-order valence-corrected chi connectivity index (χ1v) is 17.0. The Bertz CT molecular complexity index is 1100. The molecule has 6 atom stereocenters. The van der Waals surface area contributed by atoms with Gasteiger partial charge in [0.2, 0.25) is 17.6 Å². The molecular formula is C31H53N6O5S+. The number of ketones is 1. The molecule has 242 valence electrons. The molecule has 2 saturated carbocycles. The van der Waals surface area contributed by atoms with Gasteiger partial charge in [-0.3, -0.25) is 19.2 Å². The lowest BCUT2D eigenvalue weighted by Crippen LogP contribution is -2.62. The van der Waals surface area contributed by atoms with Crippen LogP contribution in [0.1, 0.15) is 80.6 Å². The minimum absolute atomic E-state index is 0.0736. The van der Waals surface area contributed by atoms with Crippen LogP contribution in [0.15, 0.2) is 0 Å². The highest BCUT2D eigenvalue weighted by Crippen LogP contribution is 2.65. The number of primary amides is 1. The molecule has 4 fully saturated rings. The van der Waals surface area contributed by atoms with Gasteiger partial charge in [-0.25, -0.2) is 4.79 Å². The lowest BCUT2D eigenvalue weighted by molar-refractivity contribution is -0.145. The second kappa shape index (κ2) is 12.9. The number of nitrogens with two attached hydrogens (primary N) is 1. The summed E-state index contributed by atoms with van der Waals surface area (Å²) in [5, 5.41) is 8.89. The maximum atomic E-state index is 14.2. The van der Waals surface area contributed by atoms with E-state index in [1.54, 1.807) is 4.90 Å². The minimum atomic E-state index is -1.07. The van der Waals surface area contributed by atoms with Gasteiger partial charge in [-0.1, -0.05) is 67.7 Å². The van der Waals surface area contributed by atoms with Crippen molar-refractivity contribution >= 4 is 41.5 Å². The van der Waals surface area contributed by atoms with Crippen LogP contribution in [-0.4, -0.2) is 88.3 Å². The third-order valence-corrected chi connectivity index (χ3v) is 11.5. The molecule has 0 aromatic carbocycles. The van der Waals surface area contributed by atoms with Crippen molar-refractivity contribution in [2.75, 3.05) is 25.4 Å². The van der Waals surface area contributed by atoms with Crippen LogP contribution in [0.5, 0.6) is 0 Å². The van der Waals surface area contributed by atoms with Crippen molar-refractivity contribution in [3.8, 4) is 0 Å². The third-order valence-electron chi connectivity index (χ3n) is 10.2. The zero-order valence-electron chi connectivity index (χ0n) is 26.9. The lowest BCUT2D eigenvalue weighted by atomic mass is 9.80. The van der Waals surface area contributed by atoms with Gasteiger partial charge in [0, 0.05) is 25.6 Å². The van der Waals surface area contributed by atoms with E-state index in [0.29, 0.717) is 13.0 Å². The Labute approximate surface area is 260 Å². The number of piperidine rings is 1. The first-order chi connectivity index (χ1) is 20.0. The predicted molar refractivity (Wildman–Crippen MR) is 168 cm³/mol. The fraction of sp³-hybridized carbons (Fsp3) is 0.839. The quantitative estimate of drug-likeness (QED) is 0.147. The van der Waals surface area contributed by atoms with Crippen molar-refractivity contribution in [2.24, 2.45) is 40.2 Å². The van der Waals surface area contributed by atoms with E-state index in [1.165, 1.54) is 11.9 Å². The smallest absolute Gasteiger partial charge is 0.315 e. The van der Waals surface area contributed by atoms with Gasteiger partial charge in [0.25, 0.3) is 5.91 Å². The molecule has 12 heteroatoms. The van der Waals surface area contributed by atoms with Gasteiger partial charge in [-0.2, -0.15) is 0 Å². The Kier molecular flexibility index (Phi) is 10.1. The summed E-state index contributed by atoms with van der Waals surface area (Å²) in [4.78, 5) is 67.5. The zero-order valence-corrected chi connectivity index (χ0v) is 27.8. The van der Waals surface area contributed by atoms with Crippen LogP contribution in [0.25, 0.3) is 0 Å². The van der Waals surface area contributed by atoms with Crippen molar-refractivity contribution in [2.45, 2.75) is 105 Å². The first kappa shape index (κ1) is 33.6. The molecule has 2 saturated heterocycles. The van der Waals surface area contributed by atoms with Gasteiger partial charge in [0.15, 0.2) is 0 Å². The van der Waals surface area contributed by atoms with Crippen LogP contribution >= 0.6 is 0 Å². The molecule has 0 radical (unpaired) electrons. The Morgan fingerprint density at radius 1 is 1.02 bits per heavy atom. The Hall–Kier alpha value is -2.34. The molecule has 2 aliphatic heterocycles. The Morgan fingerprint density at radius 2 is 1.70 bits per heavy atom. The Morgan fingerprint density at radius 3 is 2.21 bits per heavy atom. The fourth-order valence-corrected chi connectivity index (χ4v) is 8.17. The van der Waals surface area contributed by atoms with E-state index in [0.717, 1.165) is 44.5 Å². The molecule has 4 rings (SSSR count). The average Bonchev–Trinajstić information content (AvgIpc) is 3.31. The summed E-state index contributed by atoms with van der Waals surface area (Å²) in [6.07, 6.45) is 4.47. The number of likely N-dealkylation sites (tertiary alicyclic amines) is 1. The molecule has 2 heterocycles. The number of hydrogen-bond acceptors (Lipinski definition) is 6. The number of Topliss-reactive ketones (excluding diaryl/α,β-unsaturated/α-hetero) is 1. The number of nitrogens with zero attached hydrogens (tertiary/aromatic N) is 2. The standard InChI is InChI=1S/C31H52N6O5S/c1-17(2)21(16-36-12-9-13-43-36)34-29(42)35-25(30(3,4)5)28(41)37-15-19-22(31(19,6)7)23(37)27(40)33-20(24(38)26(32)39)14-18-10-8-11-18/h17-23,25H,8-16H2,1-7H3,(H2,32,39)(H,33,40)(H2,34,35,42)/p+1/t19-,20?,21+,22-,23-,25+/m0/s1. The molecular weight excluding hydrogens is 568 g/mol. The zero-order chi connectivity index (χ0) is 31.9. The molecule has 0 aromatic rings. The normalized spacial score (nSPS) is 27.1. The topological polar surface area (TPSA) is 154 Å². The molecule has 4 aliphatic rings. The number of carbonyl (C=O) groups is 5. The van der Waals surface area contributed by atoms with Crippen molar-refractivity contribution in [1.29, 1.82) is 0 Å². The number of rotatable bonds is 12. The van der Waals surface area contributed by atoms with Crippen molar-refractivity contribution < 1.29 is 24.0 Å². The third kappa shape index (κ3) is 7.49. The highest BCUT2D eigenvalue weighted by Gasteiger charge is 2.70. The summed E-state index contributed by atoms with van der Waals surface area (Å²) in [7, 11) is 0. The van der Waals surface area contributed by atoms with Gasteiger partial charge in [0.1, 0.15) is 17.8 Å². The molecule has 43 heavy (non-hydrogen) atoms. The van der Waals surface area contributed by atoms with E-state index in [-0.39, 0.29) is 41.0 Å². The van der Waals surface area contributed by atoms with Crippen LogP contribution in [0.3, 0.4) is 0 Å². The minimum Gasteiger partial charge on any atom is -0.363 e. The van der Waals surface area contributed by atoms with Crippen LogP contribution in [0.2, 0.25) is 0 Å². The largest absolute Gasteiger partial charge is 0.363 e. The maximum Gasteiger partial charge on any atom is 0.315 e. The number of carbonyl (C=O) groups excluding carboxylic acids is 5. The number of thiol groups is 1. The van der Waals surface area contributed by atoms with Gasteiger partial charge in [0.05, 0.1) is 24.5 Å². The van der Waals surface area contributed by atoms with Crippen molar-refractivity contribution in [1.82, 2.24) is 25.2 Å². The fourth-order valence-electron chi connectivity index (χ4n) is 7.03. The monoisotopic (exact) mass is 621 g/mol. The van der Waals surface area contributed by atoms with Crippen LogP contribution < -0.4 is 21.7 Å². The highest BCUT2D eigenvalue weighted by molar-refractivity contribution is 7.76. The molecule has 1 unspecified atom stereocenters. The summed E-state index contributed by atoms with van der Waals surface area (Å²) < 4.78 is 2.33.